The molecule has 0 bridgehead atoms. The molecule has 2 heterocycles. The Balaban J connectivity index is 2.08. The molecule has 1 atom stereocenters. The molecule has 0 radical (unpaired) electrons. The van der Waals surface area contributed by atoms with Crippen LogP contribution in [0.1, 0.15) is 30.1 Å². The van der Waals surface area contributed by atoms with Crippen molar-refractivity contribution in [3.63, 3.8) is 0 Å². The van der Waals surface area contributed by atoms with E-state index >= 15 is 0 Å². The Morgan fingerprint density at radius 1 is 1.21 bits per heavy atom. The smallest absolute Gasteiger partial charge is 0.137 e. The fourth-order valence-electron chi connectivity index (χ4n) is 2.27. The third-order valence-electron chi connectivity index (χ3n) is 3.31. The minimum atomic E-state index is -0.744. The summed E-state index contributed by atoms with van der Waals surface area (Å²) in [6, 6.07) is 11.5. The Labute approximate surface area is 111 Å². The van der Waals surface area contributed by atoms with Gasteiger partial charge in [0.1, 0.15) is 17.6 Å². The molecule has 0 aliphatic carbocycles. The van der Waals surface area contributed by atoms with E-state index in [9.17, 15) is 5.11 Å². The van der Waals surface area contributed by atoms with E-state index in [1.54, 1.807) is 12.4 Å². The van der Waals surface area contributed by atoms with Gasteiger partial charge in [-0.1, -0.05) is 25.1 Å². The summed E-state index contributed by atoms with van der Waals surface area (Å²) in [6.07, 6.45) is 3.61. The molecule has 96 valence electrons. The molecule has 19 heavy (non-hydrogen) atoms. The summed E-state index contributed by atoms with van der Waals surface area (Å²) in [5, 5.41) is 12.5. The number of furan rings is 1. The van der Waals surface area contributed by atoms with Crippen molar-refractivity contribution in [2.45, 2.75) is 19.4 Å². The molecule has 3 aromatic rings. The second kappa shape index (κ2) is 4.86. The number of aliphatic hydroxyl groups is 1. The Morgan fingerprint density at radius 2 is 2.11 bits per heavy atom. The number of aliphatic hydroxyl groups excluding tert-OH is 1. The standard InChI is InChI=1S/C16H15NO2/c1-2-12-6-7-15(19-12)16(18)14-5-3-4-11-10-17-9-8-13(11)14/h3-10,16,18H,2H2,1H3. The molecule has 0 saturated heterocycles. The van der Waals surface area contributed by atoms with Gasteiger partial charge in [-0.2, -0.15) is 0 Å². The van der Waals surface area contributed by atoms with Gasteiger partial charge in [-0.15, -0.1) is 0 Å². The van der Waals surface area contributed by atoms with E-state index in [0.717, 1.165) is 28.5 Å². The zero-order valence-electron chi connectivity index (χ0n) is 10.7. The largest absolute Gasteiger partial charge is 0.463 e. The highest BCUT2D eigenvalue weighted by Gasteiger charge is 2.16. The van der Waals surface area contributed by atoms with Gasteiger partial charge in [0, 0.05) is 24.2 Å². The van der Waals surface area contributed by atoms with Gasteiger partial charge in [0.2, 0.25) is 0 Å². The highest BCUT2D eigenvalue weighted by molar-refractivity contribution is 5.85. The molecule has 0 fully saturated rings. The van der Waals surface area contributed by atoms with Gasteiger partial charge in [-0.25, -0.2) is 0 Å². The van der Waals surface area contributed by atoms with E-state index in [1.807, 2.05) is 43.3 Å². The first kappa shape index (κ1) is 11.9. The zero-order chi connectivity index (χ0) is 13.2. The molecule has 2 aromatic heterocycles. The van der Waals surface area contributed by atoms with Crippen molar-refractivity contribution in [2.24, 2.45) is 0 Å². The Bertz CT molecular complexity index is 697. The number of pyridine rings is 1. The molecular formula is C16H15NO2. The third kappa shape index (κ3) is 2.13. The number of aryl methyl sites for hydroxylation is 1. The second-order valence-electron chi connectivity index (χ2n) is 4.50. The van der Waals surface area contributed by atoms with Gasteiger partial charge >= 0.3 is 0 Å². The molecule has 3 rings (SSSR count). The average molecular weight is 253 g/mol. The molecule has 0 aliphatic rings. The van der Waals surface area contributed by atoms with Crippen LogP contribution in [-0.4, -0.2) is 10.1 Å². The molecule has 1 N–H and O–H groups in total. The lowest BCUT2D eigenvalue weighted by molar-refractivity contribution is 0.188. The van der Waals surface area contributed by atoms with Crippen LogP contribution in [0.4, 0.5) is 0 Å². The molecule has 3 heteroatoms. The SMILES string of the molecule is CCc1ccc(C(O)c2cccc3cnccc23)o1. The molecule has 0 saturated carbocycles. The first-order chi connectivity index (χ1) is 9.29. The van der Waals surface area contributed by atoms with Crippen molar-refractivity contribution in [1.29, 1.82) is 0 Å². The van der Waals surface area contributed by atoms with E-state index in [2.05, 4.69) is 4.98 Å². The van der Waals surface area contributed by atoms with Gasteiger partial charge in [-0.3, -0.25) is 4.98 Å². The summed E-state index contributed by atoms with van der Waals surface area (Å²) < 4.78 is 5.63. The first-order valence-corrected chi connectivity index (χ1v) is 6.39. The Morgan fingerprint density at radius 3 is 2.89 bits per heavy atom. The Hall–Kier alpha value is -2.13. The van der Waals surface area contributed by atoms with Crippen LogP contribution < -0.4 is 0 Å². The van der Waals surface area contributed by atoms with Crippen LogP contribution in [0.3, 0.4) is 0 Å². The topological polar surface area (TPSA) is 46.3 Å². The summed E-state index contributed by atoms with van der Waals surface area (Å²) in [5.74, 6) is 1.47. The molecule has 1 aromatic carbocycles. The van der Waals surface area contributed by atoms with Gasteiger partial charge in [0.15, 0.2) is 0 Å². The number of hydrogen-bond donors (Lipinski definition) is 1. The van der Waals surface area contributed by atoms with Crippen LogP contribution in [-0.2, 0) is 6.42 Å². The van der Waals surface area contributed by atoms with Crippen molar-refractivity contribution in [2.75, 3.05) is 0 Å². The molecule has 0 amide bonds. The summed E-state index contributed by atoms with van der Waals surface area (Å²) in [7, 11) is 0. The molecule has 0 aliphatic heterocycles. The predicted molar refractivity (Wildman–Crippen MR) is 73.9 cm³/mol. The maximum absolute atomic E-state index is 10.5. The van der Waals surface area contributed by atoms with Crippen LogP contribution in [0.5, 0.6) is 0 Å². The van der Waals surface area contributed by atoms with Crippen molar-refractivity contribution < 1.29 is 9.52 Å². The predicted octanol–water partition coefficient (Wildman–Crippen LogP) is 3.47. The third-order valence-corrected chi connectivity index (χ3v) is 3.31. The number of fused-ring (bicyclic) bond motifs is 1. The van der Waals surface area contributed by atoms with E-state index in [1.165, 1.54) is 0 Å². The van der Waals surface area contributed by atoms with E-state index in [4.69, 9.17) is 4.42 Å². The van der Waals surface area contributed by atoms with Gasteiger partial charge < -0.3 is 9.52 Å². The summed E-state index contributed by atoms with van der Waals surface area (Å²) in [5.41, 5.74) is 0.844. The van der Waals surface area contributed by atoms with Crippen LogP contribution in [0.25, 0.3) is 10.8 Å². The number of nitrogens with zero attached hydrogens (tertiary/aromatic N) is 1. The van der Waals surface area contributed by atoms with Crippen LogP contribution in [0, 0.1) is 0 Å². The number of benzene rings is 1. The van der Waals surface area contributed by atoms with E-state index < -0.39 is 6.10 Å². The monoisotopic (exact) mass is 253 g/mol. The number of aromatic nitrogens is 1. The van der Waals surface area contributed by atoms with Crippen molar-refractivity contribution >= 4 is 10.8 Å². The minimum Gasteiger partial charge on any atom is -0.463 e. The average Bonchev–Trinajstić information content (AvgIpc) is 2.95. The highest BCUT2D eigenvalue weighted by Crippen LogP contribution is 2.29. The fourth-order valence-corrected chi connectivity index (χ4v) is 2.27. The van der Waals surface area contributed by atoms with Crippen LogP contribution in [0.15, 0.2) is 53.2 Å². The van der Waals surface area contributed by atoms with Gasteiger partial charge in [0.25, 0.3) is 0 Å². The zero-order valence-corrected chi connectivity index (χ0v) is 10.7. The van der Waals surface area contributed by atoms with Crippen LogP contribution in [0.2, 0.25) is 0 Å². The lowest BCUT2D eigenvalue weighted by Gasteiger charge is -2.11. The van der Waals surface area contributed by atoms with Gasteiger partial charge in [-0.05, 0) is 29.1 Å². The van der Waals surface area contributed by atoms with Crippen LogP contribution >= 0.6 is 0 Å². The molecule has 3 nitrogen and oxygen atoms in total. The fraction of sp³-hybridized carbons (Fsp3) is 0.188. The van der Waals surface area contributed by atoms with Crippen molar-refractivity contribution in [1.82, 2.24) is 4.98 Å². The maximum atomic E-state index is 10.5. The normalized spacial score (nSPS) is 12.7. The van der Waals surface area contributed by atoms with Gasteiger partial charge in [0.05, 0.1) is 0 Å². The van der Waals surface area contributed by atoms with Crippen molar-refractivity contribution in [3.8, 4) is 0 Å². The summed E-state index contributed by atoms with van der Waals surface area (Å²) in [6.45, 7) is 2.03. The highest BCUT2D eigenvalue weighted by atomic mass is 16.4. The first-order valence-electron chi connectivity index (χ1n) is 6.39. The molecular weight excluding hydrogens is 238 g/mol. The van der Waals surface area contributed by atoms with E-state index in [0.29, 0.717) is 5.76 Å². The summed E-state index contributed by atoms with van der Waals surface area (Å²) >= 11 is 0. The second-order valence-corrected chi connectivity index (χ2v) is 4.50. The molecule has 0 spiro atoms. The van der Waals surface area contributed by atoms with Crippen molar-refractivity contribution in [3.05, 3.63) is 65.9 Å². The lowest BCUT2D eigenvalue weighted by Crippen LogP contribution is -1.99. The number of rotatable bonds is 3. The quantitative estimate of drug-likeness (QED) is 0.777. The lowest BCUT2D eigenvalue weighted by atomic mass is 10.0. The summed E-state index contributed by atoms with van der Waals surface area (Å²) in [4.78, 5) is 4.10. The molecule has 1 unspecified atom stereocenters. The minimum absolute atomic E-state index is 0.584. The van der Waals surface area contributed by atoms with E-state index in [-0.39, 0.29) is 0 Å². The number of hydrogen-bond acceptors (Lipinski definition) is 3. The Kier molecular flexibility index (Phi) is 3.05. The maximum Gasteiger partial charge on any atom is 0.137 e.